The van der Waals surface area contributed by atoms with Crippen LogP contribution in [0.2, 0.25) is 5.02 Å². The largest absolute Gasteiger partial charge is 0.494 e. The Morgan fingerprint density at radius 2 is 1.75 bits per heavy atom. The highest BCUT2D eigenvalue weighted by molar-refractivity contribution is 6.31. The molecule has 0 radical (unpaired) electrons. The Morgan fingerprint density at radius 1 is 1.00 bits per heavy atom. The Morgan fingerprint density at radius 3 is 2.47 bits per heavy atom. The van der Waals surface area contributed by atoms with Crippen molar-refractivity contribution in [1.82, 2.24) is 4.57 Å². The number of ether oxygens (including phenoxy) is 1. The summed E-state index contributed by atoms with van der Waals surface area (Å²) in [4.78, 5) is 36.9. The number of carbonyl (C=O) groups is 2. The molecule has 7 heteroatoms. The predicted molar refractivity (Wildman–Crippen MR) is 126 cm³/mol. The number of aromatic nitrogens is 1. The van der Waals surface area contributed by atoms with E-state index in [2.05, 4.69) is 5.32 Å². The number of ketones is 1. The van der Waals surface area contributed by atoms with Crippen LogP contribution in [0.1, 0.15) is 42.1 Å². The first-order valence-electron chi connectivity index (χ1n) is 10.5. The predicted octanol–water partition coefficient (Wildman–Crippen LogP) is 4.94. The molecule has 1 amide bonds. The Bertz CT molecular complexity index is 1140. The van der Waals surface area contributed by atoms with Gasteiger partial charge in [0.25, 0.3) is 5.56 Å². The summed E-state index contributed by atoms with van der Waals surface area (Å²) >= 11 is 6.18. The number of hydrogen-bond donors (Lipinski definition) is 1. The molecule has 1 N–H and O–H groups in total. The van der Waals surface area contributed by atoms with E-state index in [1.54, 1.807) is 42.6 Å². The van der Waals surface area contributed by atoms with Gasteiger partial charge in [0, 0.05) is 35.7 Å². The van der Waals surface area contributed by atoms with E-state index in [9.17, 15) is 14.4 Å². The van der Waals surface area contributed by atoms with Gasteiger partial charge in [0.05, 0.1) is 18.8 Å². The van der Waals surface area contributed by atoms with Crippen LogP contribution in [0.25, 0.3) is 0 Å². The number of rotatable bonds is 10. The summed E-state index contributed by atoms with van der Waals surface area (Å²) in [5.41, 5.74) is 1.61. The van der Waals surface area contributed by atoms with Crippen molar-refractivity contribution in [3.63, 3.8) is 0 Å². The lowest BCUT2D eigenvalue weighted by Gasteiger charge is -2.11. The first-order chi connectivity index (χ1) is 15.5. The molecule has 3 rings (SSSR count). The summed E-state index contributed by atoms with van der Waals surface area (Å²) in [7, 11) is 0. The number of hydrogen-bond acceptors (Lipinski definition) is 4. The molecule has 0 fully saturated rings. The van der Waals surface area contributed by atoms with E-state index in [1.165, 1.54) is 10.6 Å². The molecule has 2 aromatic carbocycles. The third-order valence-corrected chi connectivity index (χ3v) is 5.16. The van der Waals surface area contributed by atoms with Gasteiger partial charge in [0.2, 0.25) is 5.91 Å². The molecule has 0 bridgehead atoms. The fraction of sp³-hybridized carbons (Fsp3) is 0.240. The zero-order valence-electron chi connectivity index (χ0n) is 17.8. The van der Waals surface area contributed by atoms with Gasteiger partial charge in [-0.3, -0.25) is 14.4 Å². The molecule has 1 aromatic heterocycles. The molecule has 0 atom stereocenters. The first kappa shape index (κ1) is 23.3. The Balaban J connectivity index is 1.56. The first-order valence-corrected chi connectivity index (χ1v) is 10.8. The summed E-state index contributed by atoms with van der Waals surface area (Å²) < 4.78 is 6.99. The maximum atomic E-state index is 12.4. The lowest BCUT2D eigenvalue weighted by molar-refractivity contribution is -0.116. The van der Waals surface area contributed by atoms with Crippen molar-refractivity contribution in [3.8, 4) is 5.75 Å². The second-order valence-corrected chi connectivity index (χ2v) is 7.73. The number of Topliss-reactive ketones (excluding diaryl/α,β-unsaturated/α-hetero) is 1. The molecule has 1 heterocycles. The fourth-order valence-electron chi connectivity index (χ4n) is 3.09. The van der Waals surface area contributed by atoms with Gasteiger partial charge in [0.1, 0.15) is 5.75 Å². The SMILES string of the molecule is CCCOc1ccc(C(=O)CCC(=O)Nc2ccc(=O)n(Cc3ccccc3Cl)c2)cc1. The van der Waals surface area contributed by atoms with Crippen LogP contribution in [0.4, 0.5) is 5.69 Å². The molecule has 3 aromatic rings. The molecule has 0 saturated carbocycles. The summed E-state index contributed by atoms with van der Waals surface area (Å²) in [5, 5.41) is 3.31. The van der Waals surface area contributed by atoms with Crippen LogP contribution in [0, 0.1) is 0 Å². The maximum Gasteiger partial charge on any atom is 0.250 e. The van der Waals surface area contributed by atoms with E-state index >= 15 is 0 Å². The average molecular weight is 453 g/mol. The van der Waals surface area contributed by atoms with E-state index in [0.717, 1.165) is 12.0 Å². The minimum absolute atomic E-state index is 0.0383. The highest BCUT2D eigenvalue weighted by Gasteiger charge is 2.11. The fourth-order valence-corrected chi connectivity index (χ4v) is 3.29. The maximum absolute atomic E-state index is 12.4. The standard InChI is InChI=1S/C25H25ClN2O4/c1-2-15-32-21-10-7-18(8-11-21)23(29)12-13-24(30)27-20-9-14-25(31)28(17-20)16-19-5-3-4-6-22(19)26/h3-11,14,17H,2,12-13,15-16H2,1H3,(H,27,30). The van der Waals surface area contributed by atoms with E-state index in [-0.39, 0.29) is 30.1 Å². The van der Waals surface area contributed by atoms with Crippen LogP contribution in [-0.4, -0.2) is 22.9 Å². The molecular formula is C25H25ClN2O4. The van der Waals surface area contributed by atoms with Crippen LogP contribution in [0.5, 0.6) is 5.75 Å². The number of pyridine rings is 1. The Kier molecular flexibility index (Phi) is 8.22. The molecule has 0 spiro atoms. The molecule has 6 nitrogen and oxygen atoms in total. The van der Waals surface area contributed by atoms with Gasteiger partial charge in [-0.1, -0.05) is 36.7 Å². The minimum atomic E-state index is -0.302. The van der Waals surface area contributed by atoms with Crippen molar-refractivity contribution in [2.45, 2.75) is 32.7 Å². The molecule has 0 aliphatic rings. The number of amides is 1. The minimum Gasteiger partial charge on any atom is -0.494 e. The van der Waals surface area contributed by atoms with E-state index in [1.807, 2.05) is 25.1 Å². The van der Waals surface area contributed by atoms with Crippen molar-refractivity contribution in [2.24, 2.45) is 0 Å². The second-order valence-electron chi connectivity index (χ2n) is 7.32. The van der Waals surface area contributed by atoms with Gasteiger partial charge in [-0.25, -0.2) is 0 Å². The van der Waals surface area contributed by atoms with Crippen LogP contribution in [-0.2, 0) is 11.3 Å². The van der Waals surface area contributed by atoms with Crippen LogP contribution >= 0.6 is 11.6 Å². The quantitative estimate of drug-likeness (QED) is 0.442. The third kappa shape index (κ3) is 6.56. The Hall–Kier alpha value is -3.38. The smallest absolute Gasteiger partial charge is 0.250 e. The molecule has 0 aliphatic heterocycles. The van der Waals surface area contributed by atoms with Crippen molar-refractivity contribution >= 4 is 29.0 Å². The zero-order valence-corrected chi connectivity index (χ0v) is 18.6. The monoisotopic (exact) mass is 452 g/mol. The van der Waals surface area contributed by atoms with Crippen LogP contribution < -0.4 is 15.6 Å². The number of nitrogens with zero attached hydrogens (tertiary/aromatic N) is 1. The third-order valence-electron chi connectivity index (χ3n) is 4.79. The zero-order chi connectivity index (χ0) is 22.9. The molecule has 166 valence electrons. The molecule has 0 saturated heterocycles. The number of benzene rings is 2. The van der Waals surface area contributed by atoms with E-state index < -0.39 is 0 Å². The van der Waals surface area contributed by atoms with Crippen molar-refractivity contribution < 1.29 is 14.3 Å². The van der Waals surface area contributed by atoms with Crippen molar-refractivity contribution in [1.29, 1.82) is 0 Å². The number of nitrogens with one attached hydrogen (secondary N) is 1. The molecule has 0 aliphatic carbocycles. The summed E-state index contributed by atoms with van der Waals surface area (Å²) in [5.74, 6) is 0.295. The summed E-state index contributed by atoms with van der Waals surface area (Å²) in [6, 6.07) is 17.1. The summed E-state index contributed by atoms with van der Waals surface area (Å²) in [6.45, 7) is 2.94. The second kappa shape index (κ2) is 11.3. The highest BCUT2D eigenvalue weighted by Crippen LogP contribution is 2.17. The average Bonchev–Trinajstić information content (AvgIpc) is 2.80. The lowest BCUT2D eigenvalue weighted by atomic mass is 10.1. The normalized spacial score (nSPS) is 10.6. The van der Waals surface area contributed by atoms with Gasteiger partial charge in [0.15, 0.2) is 5.78 Å². The molecule has 32 heavy (non-hydrogen) atoms. The van der Waals surface area contributed by atoms with Gasteiger partial charge in [-0.05, 0) is 48.4 Å². The number of carbonyl (C=O) groups excluding carboxylic acids is 2. The highest BCUT2D eigenvalue weighted by atomic mass is 35.5. The Labute approximate surface area is 191 Å². The van der Waals surface area contributed by atoms with Crippen molar-refractivity contribution in [3.05, 3.63) is 93.4 Å². The molecule has 0 unspecified atom stereocenters. The van der Waals surface area contributed by atoms with E-state index in [4.69, 9.17) is 16.3 Å². The molecular weight excluding hydrogens is 428 g/mol. The van der Waals surface area contributed by atoms with Crippen LogP contribution in [0.15, 0.2) is 71.7 Å². The van der Waals surface area contributed by atoms with E-state index in [0.29, 0.717) is 35.2 Å². The van der Waals surface area contributed by atoms with Gasteiger partial charge >= 0.3 is 0 Å². The van der Waals surface area contributed by atoms with Crippen molar-refractivity contribution in [2.75, 3.05) is 11.9 Å². The van der Waals surface area contributed by atoms with Gasteiger partial charge in [-0.15, -0.1) is 0 Å². The van der Waals surface area contributed by atoms with Gasteiger partial charge in [-0.2, -0.15) is 0 Å². The number of halogens is 1. The number of anilines is 1. The summed E-state index contributed by atoms with van der Waals surface area (Å²) in [6.07, 6.45) is 2.60. The lowest BCUT2D eigenvalue weighted by Crippen LogP contribution is -2.21. The topological polar surface area (TPSA) is 77.4 Å². The van der Waals surface area contributed by atoms with Crippen LogP contribution in [0.3, 0.4) is 0 Å². The van der Waals surface area contributed by atoms with Gasteiger partial charge < -0.3 is 14.6 Å².